The van der Waals surface area contributed by atoms with Crippen LogP contribution in [0, 0.1) is 6.92 Å². The Hall–Kier alpha value is -0.900. The molecule has 0 saturated heterocycles. The second-order valence-electron chi connectivity index (χ2n) is 3.33. The SMILES string of the molecule is Cc1nc2c(s1)[C@@H](C(=O)O)CCC2. The van der Waals surface area contributed by atoms with Gasteiger partial charge in [0.15, 0.2) is 0 Å². The molecule has 0 bridgehead atoms. The molecule has 0 aromatic carbocycles. The van der Waals surface area contributed by atoms with Gasteiger partial charge in [-0.25, -0.2) is 4.98 Å². The van der Waals surface area contributed by atoms with Crippen LogP contribution in [0.15, 0.2) is 0 Å². The molecule has 0 aliphatic heterocycles. The fraction of sp³-hybridized carbons (Fsp3) is 0.556. The first-order valence-electron chi connectivity index (χ1n) is 4.37. The van der Waals surface area contributed by atoms with Crippen LogP contribution in [-0.2, 0) is 11.2 Å². The normalized spacial score (nSPS) is 21.2. The predicted octanol–water partition coefficient (Wildman–Crippen LogP) is 1.96. The minimum absolute atomic E-state index is 0.296. The number of rotatable bonds is 1. The van der Waals surface area contributed by atoms with E-state index in [0.29, 0.717) is 0 Å². The Morgan fingerprint density at radius 2 is 2.46 bits per heavy atom. The third kappa shape index (κ3) is 1.46. The molecule has 1 N–H and O–H groups in total. The van der Waals surface area contributed by atoms with Crippen molar-refractivity contribution in [2.45, 2.75) is 32.1 Å². The Morgan fingerprint density at radius 3 is 3.15 bits per heavy atom. The molecule has 1 aliphatic rings. The first kappa shape index (κ1) is 8.69. The molecular formula is C9H11NO2S. The van der Waals surface area contributed by atoms with E-state index in [9.17, 15) is 4.79 Å². The number of carboxylic acids is 1. The van der Waals surface area contributed by atoms with E-state index in [-0.39, 0.29) is 5.92 Å². The maximum Gasteiger partial charge on any atom is 0.311 e. The van der Waals surface area contributed by atoms with E-state index < -0.39 is 5.97 Å². The molecule has 3 nitrogen and oxygen atoms in total. The number of fused-ring (bicyclic) bond motifs is 1. The molecule has 2 rings (SSSR count). The van der Waals surface area contributed by atoms with Crippen molar-refractivity contribution in [1.82, 2.24) is 4.98 Å². The van der Waals surface area contributed by atoms with Crippen LogP contribution in [0.2, 0.25) is 0 Å². The summed E-state index contributed by atoms with van der Waals surface area (Å²) in [6.07, 6.45) is 2.67. The smallest absolute Gasteiger partial charge is 0.311 e. The lowest BCUT2D eigenvalue weighted by molar-refractivity contribution is -0.139. The number of hydrogen-bond donors (Lipinski definition) is 1. The summed E-state index contributed by atoms with van der Waals surface area (Å²) in [6, 6.07) is 0. The highest BCUT2D eigenvalue weighted by atomic mass is 32.1. The molecule has 70 valence electrons. The van der Waals surface area contributed by atoms with Crippen LogP contribution in [0.4, 0.5) is 0 Å². The quantitative estimate of drug-likeness (QED) is 0.748. The van der Waals surface area contributed by atoms with Gasteiger partial charge in [-0.1, -0.05) is 0 Å². The number of carboxylic acid groups (broad SMARTS) is 1. The summed E-state index contributed by atoms with van der Waals surface area (Å²) in [5.74, 6) is -1.00. The van der Waals surface area contributed by atoms with Gasteiger partial charge in [0.2, 0.25) is 0 Å². The second kappa shape index (κ2) is 3.10. The van der Waals surface area contributed by atoms with Crippen LogP contribution < -0.4 is 0 Å². The minimum atomic E-state index is -0.704. The summed E-state index contributed by atoms with van der Waals surface area (Å²) < 4.78 is 0. The highest BCUT2D eigenvalue weighted by molar-refractivity contribution is 7.11. The predicted molar refractivity (Wildman–Crippen MR) is 50.2 cm³/mol. The van der Waals surface area contributed by atoms with E-state index in [0.717, 1.165) is 34.8 Å². The molecule has 0 saturated carbocycles. The Bertz CT molecular complexity index is 345. The van der Waals surface area contributed by atoms with Crippen LogP contribution in [0.3, 0.4) is 0 Å². The van der Waals surface area contributed by atoms with Crippen molar-refractivity contribution in [3.8, 4) is 0 Å². The van der Waals surface area contributed by atoms with Crippen LogP contribution in [0.1, 0.15) is 34.3 Å². The Kier molecular flexibility index (Phi) is 2.07. The molecule has 1 atom stereocenters. The lowest BCUT2D eigenvalue weighted by Crippen LogP contribution is -2.16. The molecule has 0 radical (unpaired) electrons. The molecule has 13 heavy (non-hydrogen) atoms. The zero-order valence-corrected chi connectivity index (χ0v) is 8.23. The van der Waals surface area contributed by atoms with Crippen LogP contribution in [0.25, 0.3) is 0 Å². The third-order valence-electron chi connectivity index (χ3n) is 2.36. The zero-order valence-electron chi connectivity index (χ0n) is 7.41. The summed E-state index contributed by atoms with van der Waals surface area (Å²) in [4.78, 5) is 16.2. The molecule has 1 aromatic rings. The lowest BCUT2D eigenvalue weighted by atomic mass is 9.92. The van der Waals surface area contributed by atoms with E-state index in [1.54, 1.807) is 0 Å². The largest absolute Gasteiger partial charge is 0.481 e. The van der Waals surface area contributed by atoms with Gasteiger partial charge in [-0.3, -0.25) is 4.79 Å². The van der Waals surface area contributed by atoms with Crippen molar-refractivity contribution in [3.63, 3.8) is 0 Å². The molecule has 0 fully saturated rings. The van der Waals surface area contributed by atoms with E-state index >= 15 is 0 Å². The van der Waals surface area contributed by atoms with Gasteiger partial charge < -0.3 is 5.11 Å². The first-order valence-corrected chi connectivity index (χ1v) is 5.19. The summed E-state index contributed by atoms with van der Waals surface area (Å²) >= 11 is 1.53. The third-order valence-corrected chi connectivity index (χ3v) is 3.48. The Balaban J connectivity index is 2.41. The van der Waals surface area contributed by atoms with E-state index in [2.05, 4.69) is 4.98 Å². The lowest BCUT2D eigenvalue weighted by Gasteiger charge is -2.16. The van der Waals surface area contributed by atoms with Crippen molar-refractivity contribution in [3.05, 3.63) is 15.6 Å². The highest BCUT2D eigenvalue weighted by Gasteiger charge is 2.28. The van der Waals surface area contributed by atoms with Gasteiger partial charge in [0, 0.05) is 4.88 Å². The summed E-state index contributed by atoms with van der Waals surface area (Å²) in [5, 5.41) is 9.96. The van der Waals surface area contributed by atoms with Crippen LogP contribution in [-0.4, -0.2) is 16.1 Å². The number of carbonyl (C=O) groups is 1. The molecule has 4 heteroatoms. The molecule has 1 aromatic heterocycles. The molecule has 0 amide bonds. The van der Waals surface area contributed by atoms with Gasteiger partial charge in [-0.15, -0.1) is 11.3 Å². The monoisotopic (exact) mass is 197 g/mol. The number of hydrogen-bond acceptors (Lipinski definition) is 3. The maximum absolute atomic E-state index is 10.9. The Labute approximate surface area is 80.4 Å². The minimum Gasteiger partial charge on any atom is -0.481 e. The first-order chi connectivity index (χ1) is 6.18. The van der Waals surface area contributed by atoms with Crippen LogP contribution >= 0.6 is 11.3 Å². The topological polar surface area (TPSA) is 50.2 Å². The molecule has 1 heterocycles. The maximum atomic E-state index is 10.9. The van der Waals surface area contributed by atoms with Crippen molar-refractivity contribution in [1.29, 1.82) is 0 Å². The molecule has 0 spiro atoms. The number of aryl methyl sites for hydroxylation is 2. The van der Waals surface area contributed by atoms with Gasteiger partial charge in [-0.2, -0.15) is 0 Å². The average molecular weight is 197 g/mol. The number of aliphatic carboxylic acids is 1. The zero-order chi connectivity index (χ0) is 9.42. The number of thiazole rings is 1. The van der Waals surface area contributed by atoms with E-state index in [1.807, 2.05) is 6.92 Å². The van der Waals surface area contributed by atoms with E-state index in [1.165, 1.54) is 11.3 Å². The van der Waals surface area contributed by atoms with Gasteiger partial charge in [-0.05, 0) is 26.2 Å². The molecular weight excluding hydrogens is 186 g/mol. The second-order valence-corrected chi connectivity index (χ2v) is 4.56. The van der Waals surface area contributed by atoms with Crippen molar-refractivity contribution in [2.75, 3.05) is 0 Å². The molecule has 1 aliphatic carbocycles. The van der Waals surface area contributed by atoms with Gasteiger partial charge in [0.1, 0.15) is 0 Å². The van der Waals surface area contributed by atoms with E-state index in [4.69, 9.17) is 5.11 Å². The van der Waals surface area contributed by atoms with Crippen molar-refractivity contribution >= 4 is 17.3 Å². The van der Waals surface area contributed by atoms with Gasteiger partial charge in [0.05, 0.1) is 16.6 Å². The summed E-state index contributed by atoms with van der Waals surface area (Å²) in [5.41, 5.74) is 1.01. The van der Waals surface area contributed by atoms with Gasteiger partial charge >= 0.3 is 5.97 Å². The number of aromatic nitrogens is 1. The standard InChI is InChI=1S/C9H11NO2S/c1-5-10-7-4-2-3-6(9(11)12)8(7)13-5/h6H,2-4H2,1H3,(H,11,12)/t6-/m0/s1. The molecule has 0 unspecified atom stereocenters. The fourth-order valence-electron chi connectivity index (χ4n) is 1.78. The van der Waals surface area contributed by atoms with Gasteiger partial charge in [0.25, 0.3) is 0 Å². The van der Waals surface area contributed by atoms with Crippen molar-refractivity contribution < 1.29 is 9.90 Å². The Morgan fingerprint density at radius 1 is 1.69 bits per heavy atom. The van der Waals surface area contributed by atoms with Crippen LogP contribution in [0.5, 0.6) is 0 Å². The average Bonchev–Trinajstić information content (AvgIpc) is 2.43. The number of nitrogens with zero attached hydrogens (tertiary/aromatic N) is 1. The summed E-state index contributed by atoms with van der Waals surface area (Å²) in [7, 11) is 0. The fourth-order valence-corrected chi connectivity index (χ4v) is 2.88. The summed E-state index contributed by atoms with van der Waals surface area (Å²) in [6.45, 7) is 1.93. The van der Waals surface area contributed by atoms with Crippen molar-refractivity contribution in [2.24, 2.45) is 0 Å². The highest BCUT2D eigenvalue weighted by Crippen LogP contribution is 2.35.